The first-order valence-electron chi connectivity index (χ1n) is 4.61. The molecule has 1 nitrogen and oxygen atoms in total. The summed E-state index contributed by atoms with van der Waals surface area (Å²) in [5, 5.41) is 0. The van der Waals surface area contributed by atoms with Gasteiger partial charge in [-0.25, -0.2) is 0 Å². The number of nitrogens with zero attached hydrogens (tertiary/aromatic N) is 1. The fourth-order valence-corrected chi connectivity index (χ4v) is 1.95. The van der Waals surface area contributed by atoms with Crippen molar-refractivity contribution in [3.63, 3.8) is 0 Å². The molecule has 0 aliphatic carbocycles. The van der Waals surface area contributed by atoms with Crippen LogP contribution < -0.4 is 0 Å². The topological polar surface area (TPSA) is 3.24 Å². The van der Waals surface area contributed by atoms with Gasteiger partial charge in [-0.05, 0) is 44.9 Å². The van der Waals surface area contributed by atoms with Crippen molar-refractivity contribution in [1.29, 1.82) is 0 Å². The Labute approximate surface area is 85.1 Å². The Morgan fingerprint density at radius 1 is 1.15 bits per heavy atom. The second kappa shape index (κ2) is 6.06. The molecule has 1 rings (SSSR count). The summed E-state index contributed by atoms with van der Waals surface area (Å²) in [6.45, 7) is 1.18. The average molecular weight is 195 g/mol. The first-order valence-corrected chi connectivity index (χ1v) is 5.60. The van der Waals surface area contributed by atoms with Crippen molar-refractivity contribution in [3.05, 3.63) is 30.3 Å². The van der Waals surface area contributed by atoms with Gasteiger partial charge in [-0.2, -0.15) is 0 Å². The molecule has 0 bridgehead atoms. The predicted molar refractivity (Wildman–Crippen MR) is 60.3 cm³/mol. The van der Waals surface area contributed by atoms with Gasteiger partial charge in [0.15, 0.2) is 0 Å². The van der Waals surface area contributed by atoms with Crippen LogP contribution in [0.1, 0.15) is 6.42 Å². The Balaban J connectivity index is 2.13. The molecule has 0 radical (unpaired) electrons. The summed E-state index contributed by atoms with van der Waals surface area (Å²) < 4.78 is 0. The first-order chi connectivity index (χ1) is 6.29. The number of rotatable bonds is 5. The molecule has 0 saturated carbocycles. The number of benzene rings is 1. The minimum absolute atomic E-state index is 1.18. The van der Waals surface area contributed by atoms with E-state index in [0.717, 1.165) is 0 Å². The van der Waals surface area contributed by atoms with Crippen LogP contribution in [0.3, 0.4) is 0 Å². The normalized spacial score (nSPS) is 10.7. The second-order valence-corrected chi connectivity index (χ2v) is 4.49. The average Bonchev–Trinajstić information content (AvgIpc) is 2.14. The van der Waals surface area contributed by atoms with Crippen LogP contribution >= 0.6 is 11.8 Å². The van der Waals surface area contributed by atoms with Crippen LogP contribution in [0.2, 0.25) is 0 Å². The third kappa shape index (κ3) is 4.96. The summed E-state index contributed by atoms with van der Waals surface area (Å²) in [5.74, 6) is 1.21. The first kappa shape index (κ1) is 10.6. The fourth-order valence-electron chi connectivity index (χ4n) is 1.09. The molecule has 0 aliphatic rings. The van der Waals surface area contributed by atoms with Crippen molar-refractivity contribution in [1.82, 2.24) is 4.90 Å². The summed E-state index contributed by atoms with van der Waals surface area (Å²) >= 11 is 1.94. The Hall–Kier alpha value is -0.470. The molecule has 13 heavy (non-hydrogen) atoms. The van der Waals surface area contributed by atoms with Gasteiger partial charge in [0, 0.05) is 4.90 Å². The van der Waals surface area contributed by atoms with E-state index in [1.807, 2.05) is 11.8 Å². The van der Waals surface area contributed by atoms with Gasteiger partial charge in [0.1, 0.15) is 0 Å². The van der Waals surface area contributed by atoms with Crippen LogP contribution in [-0.2, 0) is 0 Å². The molecule has 1 aromatic carbocycles. The lowest BCUT2D eigenvalue weighted by Gasteiger charge is -2.08. The molecule has 0 N–H and O–H groups in total. The molecule has 0 aliphatic heterocycles. The van der Waals surface area contributed by atoms with Gasteiger partial charge in [-0.15, -0.1) is 11.8 Å². The van der Waals surface area contributed by atoms with Gasteiger partial charge in [0.25, 0.3) is 0 Å². The van der Waals surface area contributed by atoms with Gasteiger partial charge in [0.05, 0.1) is 0 Å². The van der Waals surface area contributed by atoms with Crippen LogP contribution in [0, 0.1) is 0 Å². The highest BCUT2D eigenvalue weighted by Gasteiger charge is 1.93. The highest BCUT2D eigenvalue weighted by molar-refractivity contribution is 7.99. The highest BCUT2D eigenvalue weighted by Crippen LogP contribution is 2.17. The smallest absolute Gasteiger partial charge is 0.00719 e. The molecule has 0 spiro atoms. The highest BCUT2D eigenvalue weighted by atomic mass is 32.2. The van der Waals surface area contributed by atoms with E-state index in [9.17, 15) is 0 Å². The van der Waals surface area contributed by atoms with E-state index in [1.54, 1.807) is 0 Å². The van der Waals surface area contributed by atoms with E-state index in [2.05, 4.69) is 49.3 Å². The SMILES string of the molecule is CN(C)CCCSc1ccccc1. The molecule has 0 unspecified atom stereocenters. The van der Waals surface area contributed by atoms with E-state index < -0.39 is 0 Å². The summed E-state index contributed by atoms with van der Waals surface area (Å²) in [6, 6.07) is 10.6. The zero-order valence-electron chi connectivity index (χ0n) is 8.36. The van der Waals surface area contributed by atoms with Gasteiger partial charge in [-0.1, -0.05) is 18.2 Å². The molecule has 0 atom stereocenters. The molecular weight excluding hydrogens is 178 g/mol. The molecule has 1 aromatic rings. The van der Waals surface area contributed by atoms with Crippen LogP contribution in [0.4, 0.5) is 0 Å². The Kier molecular flexibility index (Phi) is 4.94. The van der Waals surface area contributed by atoms with Gasteiger partial charge in [-0.3, -0.25) is 0 Å². The standard InChI is InChI=1S/C11H17NS/c1-12(2)9-6-10-13-11-7-4-3-5-8-11/h3-5,7-8H,6,9-10H2,1-2H3. The number of thioether (sulfide) groups is 1. The summed E-state index contributed by atoms with van der Waals surface area (Å²) in [7, 11) is 4.24. The predicted octanol–water partition coefficient (Wildman–Crippen LogP) is 2.73. The zero-order chi connectivity index (χ0) is 9.52. The molecule has 2 heteroatoms. The number of hydrogen-bond donors (Lipinski definition) is 0. The minimum Gasteiger partial charge on any atom is -0.309 e. The van der Waals surface area contributed by atoms with Gasteiger partial charge < -0.3 is 4.90 Å². The summed E-state index contributed by atoms with van der Waals surface area (Å²) in [6.07, 6.45) is 1.26. The zero-order valence-corrected chi connectivity index (χ0v) is 9.18. The van der Waals surface area contributed by atoms with Crippen molar-refractivity contribution in [3.8, 4) is 0 Å². The van der Waals surface area contributed by atoms with E-state index in [0.29, 0.717) is 0 Å². The van der Waals surface area contributed by atoms with E-state index in [-0.39, 0.29) is 0 Å². The van der Waals surface area contributed by atoms with Crippen LogP contribution in [0.5, 0.6) is 0 Å². The van der Waals surface area contributed by atoms with Crippen molar-refractivity contribution in [2.24, 2.45) is 0 Å². The third-order valence-electron chi connectivity index (χ3n) is 1.76. The lowest BCUT2D eigenvalue weighted by molar-refractivity contribution is 0.410. The maximum Gasteiger partial charge on any atom is 0.00719 e. The van der Waals surface area contributed by atoms with Crippen LogP contribution in [-0.4, -0.2) is 31.3 Å². The van der Waals surface area contributed by atoms with Crippen molar-refractivity contribution >= 4 is 11.8 Å². The molecule has 0 aromatic heterocycles. The van der Waals surface area contributed by atoms with Crippen molar-refractivity contribution in [2.45, 2.75) is 11.3 Å². The molecule has 0 amide bonds. The lowest BCUT2D eigenvalue weighted by Crippen LogP contribution is -2.13. The summed E-state index contributed by atoms with van der Waals surface area (Å²) in [5.41, 5.74) is 0. The molecule has 0 heterocycles. The maximum atomic E-state index is 2.23. The van der Waals surface area contributed by atoms with Crippen LogP contribution in [0.25, 0.3) is 0 Å². The minimum atomic E-state index is 1.18. The maximum absolute atomic E-state index is 2.23. The molecular formula is C11H17NS. The Morgan fingerprint density at radius 3 is 2.46 bits per heavy atom. The Bertz CT molecular complexity index is 221. The van der Waals surface area contributed by atoms with Crippen molar-refractivity contribution in [2.75, 3.05) is 26.4 Å². The van der Waals surface area contributed by atoms with Gasteiger partial charge in [0.2, 0.25) is 0 Å². The fraction of sp³-hybridized carbons (Fsp3) is 0.455. The monoisotopic (exact) mass is 195 g/mol. The lowest BCUT2D eigenvalue weighted by atomic mass is 10.4. The Morgan fingerprint density at radius 2 is 1.85 bits per heavy atom. The molecule has 72 valence electrons. The van der Waals surface area contributed by atoms with Crippen molar-refractivity contribution < 1.29 is 0 Å². The largest absolute Gasteiger partial charge is 0.309 e. The third-order valence-corrected chi connectivity index (χ3v) is 2.86. The van der Waals surface area contributed by atoms with Gasteiger partial charge >= 0.3 is 0 Å². The van der Waals surface area contributed by atoms with E-state index in [1.165, 1.54) is 23.6 Å². The van der Waals surface area contributed by atoms with Crippen LogP contribution in [0.15, 0.2) is 35.2 Å². The number of hydrogen-bond acceptors (Lipinski definition) is 2. The molecule has 0 saturated heterocycles. The second-order valence-electron chi connectivity index (χ2n) is 3.32. The summed E-state index contributed by atoms with van der Waals surface area (Å²) in [4.78, 5) is 3.60. The van der Waals surface area contributed by atoms with E-state index in [4.69, 9.17) is 0 Å². The quantitative estimate of drug-likeness (QED) is 0.525. The molecule has 0 fully saturated rings. The van der Waals surface area contributed by atoms with E-state index >= 15 is 0 Å².